The molecule has 1 aromatic carbocycles. The number of hydrogen-bond acceptors (Lipinski definition) is 5. The topological polar surface area (TPSA) is 89.7 Å². The van der Waals surface area contributed by atoms with Crippen LogP contribution in [0, 0.1) is 0 Å². The van der Waals surface area contributed by atoms with E-state index in [2.05, 4.69) is 36.8 Å². The van der Waals surface area contributed by atoms with Gasteiger partial charge in [0.25, 0.3) is 0 Å². The van der Waals surface area contributed by atoms with Crippen molar-refractivity contribution >= 4 is 28.4 Å². The van der Waals surface area contributed by atoms with Gasteiger partial charge in [-0.1, -0.05) is 18.7 Å². The second kappa shape index (κ2) is 6.30. The number of amides is 1. The summed E-state index contributed by atoms with van der Waals surface area (Å²) < 4.78 is 3.97. The Morgan fingerprint density at radius 2 is 2.03 bits per heavy atom. The first-order valence-corrected chi connectivity index (χ1v) is 9.21. The third-order valence-electron chi connectivity index (χ3n) is 5.33. The van der Waals surface area contributed by atoms with E-state index in [9.17, 15) is 4.79 Å². The minimum Gasteiger partial charge on any atom is -0.364 e. The van der Waals surface area contributed by atoms with Crippen molar-refractivity contribution in [2.75, 3.05) is 10.6 Å². The molecule has 29 heavy (non-hydrogen) atoms. The molecule has 3 aromatic heterocycles. The molecule has 0 radical (unpaired) electrons. The number of fused-ring (bicyclic) bond motifs is 2. The predicted molar refractivity (Wildman–Crippen MR) is 112 cm³/mol. The molecule has 0 saturated carbocycles. The second-order valence-electron chi connectivity index (χ2n) is 6.96. The van der Waals surface area contributed by atoms with Crippen LogP contribution in [0.4, 0.5) is 11.5 Å². The van der Waals surface area contributed by atoms with E-state index in [4.69, 9.17) is 0 Å². The van der Waals surface area contributed by atoms with Crippen LogP contribution in [0.5, 0.6) is 0 Å². The van der Waals surface area contributed by atoms with Gasteiger partial charge in [0, 0.05) is 30.9 Å². The molecule has 4 aromatic rings. The fraction of sp³-hybridized carbons (Fsp3) is 0.143. The van der Waals surface area contributed by atoms with E-state index in [0.29, 0.717) is 12.2 Å². The van der Waals surface area contributed by atoms with E-state index in [-0.39, 0.29) is 5.91 Å². The molecule has 144 valence electrons. The molecular weight excluding hydrogens is 366 g/mol. The highest BCUT2D eigenvalue weighted by Gasteiger charge is 2.27. The van der Waals surface area contributed by atoms with Crippen LogP contribution in [0.2, 0.25) is 0 Å². The highest BCUT2D eigenvalue weighted by molar-refractivity contribution is 6.09. The Bertz CT molecular complexity index is 1280. The van der Waals surface area contributed by atoms with Crippen LogP contribution in [0.3, 0.4) is 0 Å². The molecule has 0 bridgehead atoms. The SMILES string of the molecule is C=CC(=O)Nc1ccc(-c2c3c4c(ncnc4n2C)NCc2c-3cnn2C)cc1. The normalized spacial score (nSPS) is 12.2. The number of nitrogens with zero attached hydrogens (tertiary/aromatic N) is 5. The highest BCUT2D eigenvalue weighted by atomic mass is 16.1. The lowest BCUT2D eigenvalue weighted by atomic mass is 9.99. The van der Waals surface area contributed by atoms with Gasteiger partial charge in [-0.2, -0.15) is 5.10 Å². The van der Waals surface area contributed by atoms with Gasteiger partial charge in [-0.05, 0) is 23.8 Å². The van der Waals surface area contributed by atoms with Gasteiger partial charge in [0.15, 0.2) is 0 Å². The number of rotatable bonds is 3. The van der Waals surface area contributed by atoms with Gasteiger partial charge in [0.1, 0.15) is 17.8 Å². The molecule has 1 aliphatic heterocycles. The quantitative estimate of drug-likeness (QED) is 0.529. The Morgan fingerprint density at radius 1 is 1.24 bits per heavy atom. The maximum atomic E-state index is 11.6. The molecule has 4 heterocycles. The van der Waals surface area contributed by atoms with E-state index in [1.54, 1.807) is 6.33 Å². The Labute approximate surface area is 166 Å². The summed E-state index contributed by atoms with van der Waals surface area (Å²) in [5, 5.41) is 11.7. The maximum Gasteiger partial charge on any atom is 0.247 e. The summed E-state index contributed by atoms with van der Waals surface area (Å²) in [4.78, 5) is 20.6. The van der Waals surface area contributed by atoms with E-state index >= 15 is 0 Å². The Hall–Kier alpha value is -3.94. The molecule has 8 heteroatoms. The molecule has 0 fully saturated rings. The third kappa shape index (κ3) is 2.53. The molecule has 0 spiro atoms. The van der Waals surface area contributed by atoms with E-state index in [1.807, 2.05) is 49.2 Å². The van der Waals surface area contributed by atoms with Crippen molar-refractivity contribution in [3.8, 4) is 22.4 Å². The molecule has 1 amide bonds. The molecule has 8 nitrogen and oxygen atoms in total. The molecule has 2 N–H and O–H groups in total. The number of aromatic nitrogens is 5. The number of carbonyl (C=O) groups is 1. The minimum absolute atomic E-state index is 0.236. The van der Waals surface area contributed by atoms with Crippen molar-refractivity contribution in [3.63, 3.8) is 0 Å². The van der Waals surface area contributed by atoms with Gasteiger partial charge < -0.3 is 15.2 Å². The van der Waals surface area contributed by atoms with Crippen molar-refractivity contribution in [2.24, 2.45) is 14.1 Å². The zero-order valence-electron chi connectivity index (χ0n) is 16.1. The Kier molecular flexibility index (Phi) is 3.73. The summed E-state index contributed by atoms with van der Waals surface area (Å²) in [5.41, 5.74) is 6.83. The van der Waals surface area contributed by atoms with E-state index in [1.165, 1.54) is 6.08 Å². The highest BCUT2D eigenvalue weighted by Crippen LogP contribution is 2.44. The number of benzene rings is 1. The lowest BCUT2D eigenvalue weighted by Crippen LogP contribution is -2.07. The summed E-state index contributed by atoms with van der Waals surface area (Å²) in [5.74, 6) is 0.581. The summed E-state index contributed by atoms with van der Waals surface area (Å²) in [7, 11) is 3.95. The van der Waals surface area contributed by atoms with Gasteiger partial charge in [-0.15, -0.1) is 0 Å². The third-order valence-corrected chi connectivity index (χ3v) is 5.33. The summed E-state index contributed by atoms with van der Waals surface area (Å²) >= 11 is 0. The zero-order valence-corrected chi connectivity index (χ0v) is 16.1. The van der Waals surface area contributed by atoms with Gasteiger partial charge in [-0.3, -0.25) is 9.48 Å². The largest absolute Gasteiger partial charge is 0.364 e. The van der Waals surface area contributed by atoms with Crippen LogP contribution in [-0.4, -0.2) is 30.2 Å². The number of nitrogens with one attached hydrogen (secondary N) is 2. The van der Waals surface area contributed by atoms with Gasteiger partial charge in [0.2, 0.25) is 5.91 Å². The van der Waals surface area contributed by atoms with Crippen molar-refractivity contribution in [3.05, 3.63) is 55.1 Å². The second-order valence-corrected chi connectivity index (χ2v) is 6.96. The number of anilines is 2. The number of carbonyl (C=O) groups excluding carboxylic acids is 1. The van der Waals surface area contributed by atoms with Gasteiger partial charge in [0.05, 0.1) is 29.5 Å². The monoisotopic (exact) mass is 385 g/mol. The average molecular weight is 385 g/mol. The lowest BCUT2D eigenvalue weighted by molar-refractivity contribution is -0.111. The van der Waals surface area contributed by atoms with Gasteiger partial charge in [-0.25, -0.2) is 9.97 Å². The van der Waals surface area contributed by atoms with Crippen LogP contribution in [0.25, 0.3) is 33.4 Å². The van der Waals surface area contributed by atoms with Crippen molar-refractivity contribution in [2.45, 2.75) is 6.54 Å². The van der Waals surface area contributed by atoms with Crippen LogP contribution in [0.1, 0.15) is 5.69 Å². The fourth-order valence-corrected chi connectivity index (χ4v) is 3.94. The Morgan fingerprint density at radius 3 is 2.79 bits per heavy atom. The van der Waals surface area contributed by atoms with Crippen molar-refractivity contribution in [1.82, 2.24) is 24.3 Å². The molecule has 0 aliphatic carbocycles. The van der Waals surface area contributed by atoms with Crippen LogP contribution in [-0.2, 0) is 25.4 Å². The lowest BCUT2D eigenvalue weighted by Gasteiger charge is -2.10. The minimum atomic E-state index is -0.236. The summed E-state index contributed by atoms with van der Waals surface area (Å²) in [6.45, 7) is 4.13. The van der Waals surface area contributed by atoms with Crippen molar-refractivity contribution in [1.29, 1.82) is 0 Å². The number of hydrogen-bond donors (Lipinski definition) is 2. The number of aryl methyl sites for hydroxylation is 2. The van der Waals surface area contributed by atoms with E-state index < -0.39 is 0 Å². The van der Waals surface area contributed by atoms with Crippen LogP contribution >= 0.6 is 0 Å². The molecule has 1 aliphatic rings. The molecule has 0 unspecified atom stereocenters. The van der Waals surface area contributed by atoms with E-state index in [0.717, 1.165) is 44.9 Å². The zero-order chi connectivity index (χ0) is 20.1. The molecule has 5 rings (SSSR count). The van der Waals surface area contributed by atoms with Crippen LogP contribution in [0.15, 0.2) is 49.4 Å². The summed E-state index contributed by atoms with van der Waals surface area (Å²) in [6.07, 6.45) is 4.74. The van der Waals surface area contributed by atoms with Crippen LogP contribution < -0.4 is 10.6 Å². The standard InChI is InChI=1S/C21H19N7O/c1-4-16(29)26-13-7-5-12(6-8-13)19-17-14-9-25-28(3)15(14)10-22-20-18(17)21(27(19)2)24-11-23-20/h4-9,11H,1,10H2,2-3H3,(H,26,29)(H,22,23,24). The van der Waals surface area contributed by atoms with Gasteiger partial charge >= 0.3 is 0 Å². The van der Waals surface area contributed by atoms with Crippen molar-refractivity contribution < 1.29 is 4.79 Å². The predicted octanol–water partition coefficient (Wildman–Crippen LogP) is 3.09. The fourth-order valence-electron chi connectivity index (χ4n) is 3.94. The molecule has 0 saturated heterocycles. The smallest absolute Gasteiger partial charge is 0.247 e. The molecule has 0 atom stereocenters. The summed E-state index contributed by atoms with van der Waals surface area (Å²) in [6, 6.07) is 7.75. The maximum absolute atomic E-state index is 11.6. The first-order valence-electron chi connectivity index (χ1n) is 9.21. The first kappa shape index (κ1) is 17.2. The average Bonchev–Trinajstić information content (AvgIpc) is 3.18. The first-order chi connectivity index (χ1) is 14.1. The molecular formula is C21H19N7O. The Balaban J connectivity index is 1.76.